The highest BCUT2D eigenvalue weighted by Crippen LogP contribution is 2.24. The van der Waals surface area contributed by atoms with Crippen molar-refractivity contribution in [2.75, 3.05) is 19.6 Å². The summed E-state index contributed by atoms with van der Waals surface area (Å²) in [7, 11) is 0. The van der Waals surface area contributed by atoms with Crippen LogP contribution in [0.4, 0.5) is 4.39 Å². The van der Waals surface area contributed by atoms with E-state index in [-0.39, 0.29) is 6.54 Å². The molecule has 0 aliphatic carbocycles. The summed E-state index contributed by atoms with van der Waals surface area (Å²) in [5, 5.41) is 0.748. The zero-order valence-electron chi connectivity index (χ0n) is 10.9. The quantitative estimate of drug-likeness (QED) is 0.574. The number of hydrogen-bond donors (Lipinski definition) is 2. The summed E-state index contributed by atoms with van der Waals surface area (Å²) in [6.07, 6.45) is 0.570. The number of quaternary nitrogens is 1. The van der Waals surface area contributed by atoms with Gasteiger partial charge in [0.2, 0.25) is 0 Å². The molecular weight excluding hydrogens is 261 g/mol. The molecule has 2 amide bonds. The molecule has 2 heterocycles. The van der Waals surface area contributed by atoms with Gasteiger partial charge in [-0.15, -0.1) is 0 Å². The number of nitrogens with zero attached hydrogens (tertiary/aromatic N) is 1. The molecule has 1 fully saturated rings. The molecule has 2 aliphatic heterocycles. The maximum atomic E-state index is 14.2. The summed E-state index contributed by atoms with van der Waals surface area (Å²) >= 11 is 0. The summed E-state index contributed by atoms with van der Waals surface area (Å²) in [6, 6.07) is 6.55. The molecule has 2 aliphatic rings. The van der Waals surface area contributed by atoms with E-state index in [1.54, 1.807) is 24.3 Å². The molecular formula is C14H15FN3O2+. The highest BCUT2D eigenvalue weighted by Gasteiger charge is 2.36. The SMILES string of the molecule is N[NH+]1CC/C(=C(\F)CN2C(=O)c3ccccc3C2=O)C1. The van der Waals surface area contributed by atoms with Gasteiger partial charge in [-0.05, 0) is 12.1 Å². The first-order valence-electron chi connectivity index (χ1n) is 6.49. The number of imide groups is 1. The lowest BCUT2D eigenvalue weighted by molar-refractivity contribution is -0.897. The van der Waals surface area contributed by atoms with Crippen LogP contribution in [0, 0.1) is 0 Å². The molecule has 0 saturated carbocycles. The van der Waals surface area contributed by atoms with Gasteiger partial charge in [-0.1, -0.05) is 12.1 Å². The number of benzene rings is 1. The van der Waals surface area contributed by atoms with E-state index in [4.69, 9.17) is 5.84 Å². The van der Waals surface area contributed by atoms with Crippen LogP contribution >= 0.6 is 0 Å². The van der Waals surface area contributed by atoms with Gasteiger partial charge in [0.1, 0.15) is 12.4 Å². The lowest BCUT2D eigenvalue weighted by atomic mass is 10.1. The van der Waals surface area contributed by atoms with Crippen LogP contribution in [-0.2, 0) is 0 Å². The normalized spacial score (nSPS) is 24.3. The fraction of sp³-hybridized carbons (Fsp3) is 0.286. The monoisotopic (exact) mass is 276 g/mol. The van der Waals surface area contributed by atoms with Gasteiger partial charge in [-0.3, -0.25) is 19.5 Å². The van der Waals surface area contributed by atoms with Gasteiger partial charge >= 0.3 is 0 Å². The van der Waals surface area contributed by atoms with Crippen LogP contribution in [0.25, 0.3) is 0 Å². The number of rotatable bonds is 2. The molecule has 6 heteroatoms. The maximum Gasteiger partial charge on any atom is 0.261 e. The van der Waals surface area contributed by atoms with E-state index in [0.717, 1.165) is 9.91 Å². The number of amides is 2. The van der Waals surface area contributed by atoms with Crippen molar-refractivity contribution in [3.05, 3.63) is 46.8 Å². The molecule has 1 atom stereocenters. The molecule has 1 unspecified atom stereocenters. The third-order valence-corrected chi connectivity index (χ3v) is 3.75. The summed E-state index contributed by atoms with van der Waals surface area (Å²) in [4.78, 5) is 25.2. The lowest BCUT2D eigenvalue weighted by Crippen LogP contribution is -3.15. The Bertz CT molecular complexity index is 592. The molecule has 0 aromatic heterocycles. The number of hydrogen-bond acceptors (Lipinski definition) is 3. The molecule has 20 heavy (non-hydrogen) atoms. The van der Waals surface area contributed by atoms with Crippen LogP contribution in [0.5, 0.6) is 0 Å². The van der Waals surface area contributed by atoms with Crippen LogP contribution in [0.3, 0.4) is 0 Å². The Morgan fingerprint density at radius 2 is 1.85 bits per heavy atom. The van der Waals surface area contributed by atoms with Crippen LogP contribution in [0.1, 0.15) is 27.1 Å². The average Bonchev–Trinajstić information content (AvgIpc) is 2.98. The molecule has 1 aromatic carbocycles. The number of nitrogens with one attached hydrogen (secondary N) is 1. The Morgan fingerprint density at radius 1 is 1.25 bits per heavy atom. The minimum Gasteiger partial charge on any atom is -0.269 e. The molecule has 3 N–H and O–H groups in total. The van der Waals surface area contributed by atoms with Crippen molar-refractivity contribution in [1.82, 2.24) is 4.90 Å². The van der Waals surface area contributed by atoms with Gasteiger partial charge in [-0.25, -0.2) is 4.39 Å². The Morgan fingerprint density at radius 3 is 2.35 bits per heavy atom. The van der Waals surface area contributed by atoms with Gasteiger partial charge in [0.15, 0.2) is 0 Å². The number of fused-ring (bicyclic) bond motifs is 1. The highest BCUT2D eigenvalue weighted by molar-refractivity contribution is 6.21. The second kappa shape index (κ2) is 4.81. The van der Waals surface area contributed by atoms with E-state index in [9.17, 15) is 14.0 Å². The summed E-state index contributed by atoms with van der Waals surface area (Å²) in [5.41, 5.74) is 1.28. The van der Waals surface area contributed by atoms with Crippen LogP contribution in [0.15, 0.2) is 35.7 Å². The lowest BCUT2D eigenvalue weighted by Gasteiger charge is -2.13. The molecule has 5 nitrogen and oxygen atoms in total. The number of carbonyl (C=O) groups is 2. The molecule has 1 aromatic rings. The third-order valence-electron chi connectivity index (χ3n) is 3.75. The van der Waals surface area contributed by atoms with Gasteiger partial charge in [0.25, 0.3) is 11.8 Å². The first kappa shape index (κ1) is 13.0. The Kier molecular flexibility index (Phi) is 3.11. The third kappa shape index (κ3) is 2.03. The minimum atomic E-state index is -0.434. The minimum absolute atomic E-state index is 0.297. The fourth-order valence-corrected chi connectivity index (χ4v) is 2.63. The van der Waals surface area contributed by atoms with E-state index in [0.29, 0.717) is 36.2 Å². The first-order chi connectivity index (χ1) is 9.58. The maximum absolute atomic E-state index is 14.2. The standard InChI is InChI=1S/C14H14FN3O2/c15-12(9-5-6-17(16)7-9)8-18-13(19)10-3-1-2-4-11(10)14(18)20/h1-4H,5-8,16H2/p+1/b12-9+. The predicted octanol–water partition coefficient (Wildman–Crippen LogP) is -0.331. The fourth-order valence-electron chi connectivity index (χ4n) is 2.63. The molecule has 3 rings (SSSR count). The molecule has 0 bridgehead atoms. The summed E-state index contributed by atoms with van der Waals surface area (Å²) in [5.74, 6) is 4.38. The Hall–Kier alpha value is -2.05. The zero-order chi connectivity index (χ0) is 14.3. The van der Waals surface area contributed by atoms with E-state index < -0.39 is 17.6 Å². The van der Waals surface area contributed by atoms with Crippen LogP contribution < -0.4 is 10.9 Å². The average molecular weight is 276 g/mol. The van der Waals surface area contributed by atoms with Gasteiger partial charge in [-0.2, -0.15) is 5.84 Å². The predicted molar refractivity (Wildman–Crippen MR) is 69.4 cm³/mol. The van der Waals surface area contributed by atoms with Crippen molar-refractivity contribution in [3.8, 4) is 0 Å². The van der Waals surface area contributed by atoms with E-state index in [1.807, 2.05) is 0 Å². The van der Waals surface area contributed by atoms with E-state index >= 15 is 0 Å². The van der Waals surface area contributed by atoms with Crippen LogP contribution in [0.2, 0.25) is 0 Å². The molecule has 0 radical (unpaired) electrons. The molecule has 104 valence electrons. The largest absolute Gasteiger partial charge is 0.269 e. The van der Waals surface area contributed by atoms with Gasteiger partial charge < -0.3 is 0 Å². The summed E-state index contributed by atoms with van der Waals surface area (Å²) in [6.45, 7) is 0.800. The highest BCUT2D eigenvalue weighted by atomic mass is 19.1. The number of nitrogens with two attached hydrogens (primary N) is 1. The van der Waals surface area contributed by atoms with Crippen molar-refractivity contribution in [1.29, 1.82) is 0 Å². The Labute approximate surface area is 115 Å². The number of halogens is 1. The smallest absolute Gasteiger partial charge is 0.261 e. The molecule has 1 saturated heterocycles. The van der Waals surface area contributed by atoms with E-state index in [2.05, 4.69) is 0 Å². The molecule has 0 spiro atoms. The van der Waals surface area contributed by atoms with Crippen LogP contribution in [-0.4, -0.2) is 36.3 Å². The van der Waals surface area contributed by atoms with Crippen molar-refractivity contribution >= 4 is 11.8 Å². The number of carbonyl (C=O) groups excluding carboxylic acids is 2. The van der Waals surface area contributed by atoms with Gasteiger partial charge in [0.05, 0.1) is 24.2 Å². The zero-order valence-corrected chi connectivity index (χ0v) is 10.9. The van der Waals surface area contributed by atoms with Crippen molar-refractivity contribution in [3.63, 3.8) is 0 Å². The topological polar surface area (TPSA) is 67.8 Å². The van der Waals surface area contributed by atoms with Crippen molar-refractivity contribution < 1.29 is 19.0 Å². The second-order valence-electron chi connectivity index (χ2n) is 5.09. The van der Waals surface area contributed by atoms with Crippen molar-refractivity contribution in [2.45, 2.75) is 6.42 Å². The Balaban J connectivity index is 1.84. The first-order valence-corrected chi connectivity index (χ1v) is 6.49. The summed E-state index contributed by atoms with van der Waals surface area (Å²) < 4.78 is 14.2. The van der Waals surface area contributed by atoms with Gasteiger partial charge in [0, 0.05) is 12.0 Å². The van der Waals surface area contributed by atoms with Crippen molar-refractivity contribution in [2.24, 2.45) is 5.84 Å². The second-order valence-corrected chi connectivity index (χ2v) is 5.09. The van der Waals surface area contributed by atoms with E-state index in [1.165, 1.54) is 0 Å².